The van der Waals surface area contributed by atoms with Gasteiger partial charge in [0.25, 0.3) is 5.92 Å². The van der Waals surface area contributed by atoms with Crippen molar-refractivity contribution in [3.63, 3.8) is 0 Å². The van der Waals surface area contributed by atoms with Crippen molar-refractivity contribution < 1.29 is 26.5 Å². The fourth-order valence-corrected chi connectivity index (χ4v) is 5.85. The van der Waals surface area contributed by atoms with Crippen LogP contribution in [0.3, 0.4) is 0 Å². The van der Waals surface area contributed by atoms with Gasteiger partial charge in [-0.15, -0.1) is 0 Å². The van der Waals surface area contributed by atoms with Crippen LogP contribution in [0.1, 0.15) is 39.3 Å². The summed E-state index contributed by atoms with van der Waals surface area (Å²) in [6.07, 6.45) is 1.95. The van der Waals surface area contributed by atoms with Gasteiger partial charge in [0.2, 0.25) is 5.95 Å². The molecule has 0 amide bonds. The minimum Gasteiger partial charge on any atom is -0.460 e. The number of alkyl halides is 4. The van der Waals surface area contributed by atoms with E-state index in [1.54, 1.807) is 48.7 Å². The molecular formula is C29H33F4N5O2S2. The summed E-state index contributed by atoms with van der Waals surface area (Å²) in [4.78, 5) is 10.4. The van der Waals surface area contributed by atoms with E-state index in [-0.39, 0.29) is 30.5 Å². The molecule has 0 bridgehead atoms. The molecule has 1 aromatic heterocycles. The molecule has 226 valence electrons. The molecular weight excluding hydrogens is 590 g/mol. The zero-order chi connectivity index (χ0) is 30.4. The van der Waals surface area contributed by atoms with Crippen LogP contribution < -0.4 is 20.1 Å². The summed E-state index contributed by atoms with van der Waals surface area (Å²) in [5.41, 5.74) is 0.817. The van der Waals surface area contributed by atoms with Crippen LogP contribution in [0.15, 0.2) is 65.9 Å². The van der Waals surface area contributed by atoms with Crippen LogP contribution in [0.2, 0.25) is 0 Å². The summed E-state index contributed by atoms with van der Waals surface area (Å²) in [5, 5.41) is 6.96. The number of fused-ring (bicyclic) bond motifs is 1. The maximum Gasteiger partial charge on any atom is 0.330 e. The molecule has 2 heterocycles. The van der Waals surface area contributed by atoms with Crippen molar-refractivity contribution in [2.24, 2.45) is 5.92 Å². The lowest BCUT2D eigenvalue weighted by Gasteiger charge is -2.30. The van der Waals surface area contributed by atoms with Crippen molar-refractivity contribution >= 4 is 50.1 Å². The molecule has 3 aromatic rings. The zero-order valence-electron chi connectivity index (χ0n) is 23.4. The van der Waals surface area contributed by atoms with Gasteiger partial charge in [-0.2, -0.15) is 8.78 Å². The highest BCUT2D eigenvalue weighted by molar-refractivity contribution is 8.11. The maximum atomic E-state index is 13.9. The summed E-state index contributed by atoms with van der Waals surface area (Å²) in [6.45, 7) is 9.93. The Bertz CT molecular complexity index is 1490. The lowest BCUT2D eigenvalue weighted by atomic mass is 10.0. The molecule has 2 aromatic carbocycles. The number of hydrogen-bond acceptors (Lipinski definition) is 7. The topological polar surface area (TPSA) is 88.2 Å². The van der Waals surface area contributed by atoms with Crippen LogP contribution in [-0.4, -0.2) is 45.0 Å². The third-order valence-corrected chi connectivity index (χ3v) is 8.28. The second kappa shape index (κ2) is 13.9. The first-order chi connectivity index (χ1) is 20.0. The van der Waals surface area contributed by atoms with Gasteiger partial charge in [0.05, 0.1) is 22.8 Å². The van der Waals surface area contributed by atoms with Crippen LogP contribution in [-0.2, 0) is 11.0 Å². The molecule has 4 rings (SSSR count). The molecule has 0 spiro atoms. The number of anilines is 2. The Balaban J connectivity index is 1.76. The highest BCUT2D eigenvalue weighted by Crippen LogP contribution is 2.41. The largest absolute Gasteiger partial charge is 0.460 e. The Morgan fingerprint density at radius 2 is 1.98 bits per heavy atom. The number of aromatic nitrogens is 2. The summed E-state index contributed by atoms with van der Waals surface area (Å²) >= 11 is 1.37. The molecule has 1 aliphatic rings. The Hall–Kier alpha value is -3.16. The quantitative estimate of drug-likeness (QED) is 0.143. The summed E-state index contributed by atoms with van der Waals surface area (Å²) in [7, 11) is -2.57. The second-order valence-corrected chi connectivity index (χ2v) is 12.5. The minimum absolute atomic E-state index is 0.0811. The van der Waals surface area contributed by atoms with Crippen LogP contribution >= 0.6 is 11.8 Å². The molecule has 0 radical (unpaired) electrons. The zero-order valence-corrected chi connectivity index (χ0v) is 25.1. The first-order valence-corrected chi connectivity index (χ1v) is 15.4. The molecule has 1 fully saturated rings. The lowest BCUT2D eigenvalue weighted by Crippen LogP contribution is -2.49. The number of thioether (sulfide) groups is 1. The van der Waals surface area contributed by atoms with Crippen LogP contribution in [0.5, 0.6) is 5.75 Å². The van der Waals surface area contributed by atoms with Gasteiger partial charge in [-0.05, 0) is 36.4 Å². The van der Waals surface area contributed by atoms with E-state index in [0.717, 1.165) is 11.3 Å². The number of hydrogen-bond donors (Lipinski definition) is 3. The number of ether oxygens (including phenoxy) is 1. The van der Waals surface area contributed by atoms with Crippen molar-refractivity contribution in [2.75, 3.05) is 23.1 Å². The van der Waals surface area contributed by atoms with E-state index in [9.17, 15) is 21.8 Å². The smallest absolute Gasteiger partial charge is 0.330 e. The monoisotopic (exact) mass is 623 g/mol. The van der Waals surface area contributed by atoms with Gasteiger partial charge >= 0.3 is 5.76 Å². The van der Waals surface area contributed by atoms with E-state index >= 15 is 0 Å². The molecule has 3 N–H and O–H groups in total. The Labute approximate surface area is 249 Å². The summed E-state index contributed by atoms with van der Waals surface area (Å²) < 4.78 is 74.7. The molecule has 1 aliphatic heterocycles. The SMILES string of the molecule is C=C(C)S/C(=C(/Oc1ccc(NS(=O)C(F)F)c2ccccc12)C(C)CC)c1ccnc(NC2CNCC(F)(F)C2)n1. The van der Waals surface area contributed by atoms with E-state index in [1.807, 2.05) is 20.8 Å². The number of nitrogens with one attached hydrogen (secondary N) is 3. The Morgan fingerprint density at radius 1 is 1.24 bits per heavy atom. The van der Waals surface area contributed by atoms with Gasteiger partial charge in [0, 0.05) is 41.9 Å². The van der Waals surface area contributed by atoms with Crippen LogP contribution in [0, 0.1) is 5.92 Å². The highest BCUT2D eigenvalue weighted by Gasteiger charge is 2.36. The van der Waals surface area contributed by atoms with E-state index in [2.05, 4.69) is 31.9 Å². The third-order valence-electron chi connectivity index (χ3n) is 6.58. The van der Waals surface area contributed by atoms with Gasteiger partial charge in [-0.3, -0.25) is 4.72 Å². The first-order valence-electron chi connectivity index (χ1n) is 13.4. The van der Waals surface area contributed by atoms with Gasteiger partial charge < -0.3 is 15.4 Å². The average molecular weight is 624 g/mol. The third kappa shape index (κ3) is 8.01. The molecule has 1 saturated heterocycles. The molecule has 3 atom stereocenters. The second-order valence-electron chi connectivity index (χ2n) is 10.0. The van der Waals surface area contributed by atoms with Crippen molar-refractivity contribution in [3.05, 3.63) is 71.6 Å². The first kappa shape index (κ1) is 31.8. The van der Waals surface area contributed by atoms with Crippen molar-refractivity contribution in [3.8, 4) is 5.75 Å². The minimum atomic E-state index is -3.04. The molecule has 0 saturated carbocycles. The average Bonchev–Trinajstić information content (AvgIpc) is 2.94. The number of rotatable bonds is 12. The van der Waals surface area contributed by atoms with Crippen LogP contribution in [0.25, 0.3) is 15.7 Å². The fraction of sp³-hybridized carbons (Fsp3) is 0.379. The molecule has 7 nitrogen and oxygen atoms in total. The number of halogens is 4. The molecule has 0 aliphatic carbocycles. The number of nitrogens with zero attached hydrogens (tertiary/aromatic N) is 2. The van der Waals surface area contributed by atoms with Crippen LogP contribution in [0.4, 0.5) is 29.2 Å². The normalized spacial score (nSPS) is 18.7. The van der Waals surface area contributed by atoms with E-state index in [0.29, 0.717) is 39.4 Å². The van der Waals surface area contributed by atoms with Gasteiger partial charge in [-0.25, -0.2) is 23.0 Å². The predicted molar refractivity (Wildman–Crippen MR) is 163 cm³/mol. The van der Waals surface area contributed by atoms with Gasteiger partial charge in [-0.1, -0.05) is 56.5 Å². The molecule has 42 heavy (non-hydrogen) atoms. The van der Waals surface area contributed by atoms with Gasteiger partial charge in [0.15, 0.2) is 11.0 Å². The predicted octanol–water partition coefficient (Wildman–Crippen LogP) is 7.40. The molecule has 13 heteroatoms. The Kier molecular flexibility index (Phi) is 10.5. The number of piperidine rings is 1. The lowest BCUT2D eigenvalue weighted by molar-refractivity contribution is -0.0244. The number of benzene rings is 2. The van der Waals surface area contributed by atoms with Crippen molar-refractivity contribution in [1.29, 1.82) is 0 Å². The van der Waals surface area contributed by atoms with Crippen molar-refractivity contribution in [2.45, 2.75) is 51.3 Å². The molecule has 3 unspecified atom stereocenters. The number of allylic oxidation sites excluding steroid dienone is 2. The van der Waals surface area contributed by atoms with E-state index in [4.69, 9.17) is 4.74 Å². The maximum absolute atomic E-state index is 13.9. The van der Waals surface area contributed by atoms with E-state index < -0.39 is 28.7 Å². The van der Waals surface area contributed by atoms with Crippen molar-refractivity contribution in [1.82, 2.24) is 15.3 Å². The highest BCUT2D eigenvalue weighted by atomic mass is 32.2. The van der Waals surface area contributed by atoms with E-state index in [1.165, 1.54) is 11.8 Å². The fourth-order valence-electron chi connectivity index (χ4n) is 4.45. The van der Waals surface area contributed by atoms with Gasteiger partial charge in [0.1, 0.15) is 11.5 Å². The standard InChI is InChI=1S/C29H33F4N5O2S2/c1-5-18(4)25(40-24-11-10-22(38-42(39)27(30)31)20-8-6-7-9-21(20)24)26(41-17(2)3)23-12-13-35-28(37-23)36-19-14-29(32,33)16-34-15-19/h6-13,18-19,27,34,38H,2,5,14-16H2,1,3-4H3,(H,35,36,37)/b26-25+. The summed E-state index contributed by atoms with van der Waals surface area (Å²) in [6, 6.07) is 11.4. The summed E-state index contributed by atoms with van der Waals surface area (Å²) in [5.74, 6) is -4.66. The Morgan fingerprint density at radius 3 is 2.64 bits per heavy atom.